The van der Waals surface area contributed by atoms with Crippen molar-refractivity contribution in [2.75, 3.05) is 30.5 Å². The summed E-state index contributed by atoms with van der Waals surface area (Å²) in [6, 6.07) is 6.33. The molecule has 0 radical (unpaired) electrons. The van der Waals surface area contributed by atoms with Gasteiger partial charge in [0.15, 0.2) is 11.6 Å². The predicted octanol–water partition coefficient (Wildman–Crippen LogP) is 2.47. The molecule has 12 heteroatoms. The molecule has 2 atom stereocenters. The smallest absolute Gasteiger partial charge is 0.274 e. The fourth-order valence-electron chi connectivity index (χ4n) is 4.79. The Morgan fingerprint density at radius 1 is 1.30 bits per heavy atom. The zero-order valence-corrected chi connectivity index (χ0v) is 20.2. The van der Waals surface area contributed by atoms with Crippen LogP contribution in [0.4, 0.5) is 20.2 Å². The Kier molecular flexibility index (Phi) is 6.44. The average molecular weight is 510 g/mol. The zero-order chi connectivity index (χ0) is 26.3. The largest absolute Gasteiger partial charge is 0.496 e. The van der Waals surface area contributed by atoms with Crippen molar-refractivity contribution in [1.29, 1.82) is 0 Å². The molecule has 1 aliphatic rings. The summed E-state index contributed by atoms with van der Waals surface area (Å²) in [5.74, 6) is -1.68. The topological polar surface area (TPSA) is 131 Å². The van der Waals surface area contributed by atoms with Gasteiger partial charge in [-0.25, -0.2) is 18.7 Å². The van der Waals surface area contributed by atoms with E-state index >= 15 is 4.39 Å². The maximum absolute atomic E-state index is 15.1. The lowest BCUT2D eigenvalue weighted by molar-refractivity contribution is 0.102. The van der Waals surface area contributed by atoms with E-state index in [1.54, 1.807) is 13.1 Å². The quantitative estimate of drug-likeness (QED) is 0.361. The van der Waals surface area contributed by atoms with Crippen LogP contribution in [0, 0.1) is 11.6 Å². The van der Waals surface area contributed by atoms with Gasteiger partial charge < -0.3 is 25.8 Å². The molecular weight excluding hydrogens is 484 g/mol. The summed E-state index contributed by atoms with van der Waals surface area (Å²) in [5, 5.41) is 17.3. The van der Waals surface area contributed by atoms with Gasteiger partial charge >= 0.3 is 0 Å². The summed E-state index contributed by atoms with van der Waals surface area (Å²) in [5.41, 5.74) is 7.03. The number of anilines is 2. The van der Waals surface area contributed by atoms with Gasteiger partial charge in [-0.2, -0.15) is 5.10 Å². The predicted molar refractivity (Wildman–Crippen MR) is 133 cm³/mol. The van der Waals surface area contributed by atoms with Gasteiger partial charge in [0.2, 0.25) is 0 Å². The molecule has 37 heavy (non-hydrogen) atoms. The van der Waals surface area contributed by atoms with Crippen molar-refractivity contribution < 1.29 is 23.4 Å². The molecular formula is C25H25F2N7O3. The molecule has 10 nitrogen and oxygen atoms in total. The molecule has 4 N–H and O–H groups in total. The van der Waals surface area contributed by atoms with E-state index in [2.05, 4.69) is 20.4 Å². The first kappa shape index (κ1) is 24.5. The van der Waals surface area contributed by atoms with Crippen LogP contribution in [0.15, 0.2) is 42.7 Å². The van der Waals surface area contributed by atoms with Crippen LogP contribution in [0.3, 0.4) is 0 Å². The second-order valence-corrected chi connectivity index (χ2v) is 8.81. The maximum Gasteiger partial charge on any atom is 0.274 e. The minimum absolute atomic E-state index is 0.0139. The van der Waals surface area contributed by atoms with E-state index in [1.165, 1.54) is 48.5 Å². The molecule has 2 unspecified atom stereocenters. The number of aliphatic hydroxyl groups is 1. The van der Waals surface area contributed by atoms with Crippen molar-refractivity contribution in [2.24, 2.45) is 12.8 Å². The van der Waals surface area contributed by atoms with Crippen LogP contribution in [0.2, 0.25) is 0 Å². The number of nitrogens with one attached hydrogen (secondary N) is 1. The first-order valence-corrected chi connectivity index (χ1v) is 11.6. The van der Waals surface area contributed by atoms with Gasteiger partial charge in [-0.1, -0.05) is 6.07 Å². The lowest BCUT2D eigenvalue weighted by Gasteiger charge is -2.28. The van der Waals surface area contributed by atoms with Crippen molar-refractivity contribution in [3.63, 3.8) is 0 Å². The second kappa shape index (κ2) is 9.71. The number of rotatable bonds is 6. The van der Waals surface area contributed by atoms with Crippen LogP contribution in [0.5, 0.6) is 5.75 Å². The number of aryl methyl sites for hydroxylation is 1. The number of hydrogen-bond acceptors (Lipinski definition) is 8. The zero-order valence-electron chi connectivity index (χ0n) is 20.2. The number of methoxy groups -OCH3 is 1. The molecule has 1 amide bonds. The van der Waals surface area contributed by atoms with Gasteiger partial charge in [-0.15, -0.1) is 0 Å². The molecule has 1 saturated heterocycles. The Morgan fingerprint density at radius 2 is 2.11 bits per heavy atom. The number of hydrogen-bond donors (Lipinski definition) is 3. The minimum Gasteiger partial charge on any atom is -0.496 e. The van der Waals surface area contributed by atoms with E-state index in [-0.39, 0.29) is 52.7 Å². The van der Waals surface area contributed by atoms with Crippen molar-refractivity contribution in [2.45, 2.75) is 18.5 Å². The molecule has 0 saturated carbocycles. The van der Waals surface area contributed by atoms with Gasteiger partial charge in [0.1, 0.15) is 22.8 Å². The summed E-state index contributed by atoms with van der Waals surface area (Å²) in [6.07, 6.45) is 3.37. The number of ether oxygens (including phenoxy) is 1. The van der Waals surface area contributed by atoms with E-state index in [0.29, 0.717) is 24.0 Å². The summed E-state index contributed by atoms with van der Waals surface area (Å²) in [7, 11) is 3.01. The van der Waals surface area contributed by atoms with Gasteiger partial charge in [-0.3, -0.25) is 9.48 Å². The van der Waals surface area contributed by atoms with Crippen LogP contribution < -0.4 is 20.7 Å². The number of aromatic nitrogens is 4. The molecule has 5 rings (SSSR count). The van der Waals surface area contributed by atoms with Crippen molar-refractivity contribution in [1.82, 2.24) is 19.7 Å². The number of nitrogens with two attached hydrogens (primary N) is 1. The highest BCUT2D eigenvalue weighted by molar-refractivity contribution is 6.09. The third-order valence-corrected chi connectivity index (χ3v) is 6.45. The van der Waals surface area contributed by atoms with Crippen LogP contribution in [-0.4, -0.2) is 63.1 Å². The lowest BCUT2D eigenvalue weighted by Crippen LogP contribution is -2.34. The molecule has 1 fully saturated rings. The molecule has 2 aromatic carbocycles. The van der Waals surface area contributed by atoms with E-state index < -0.39 is 17.5 Å². The van der Waals surface area contributed by atoms with Crippen LogP contribution >= 0.6 is 0 Å². The highest BCUT2D eigenvalue weighted by atomic mass is 19.1. The fraction of sp³-hybridized carbons (Fsp3) is 0.280. The fourth-order valence-corrected chi connectivity index (χ4v) is 4.79. The molecule has 4 aromatic rings. The Bertz CT molecular complexity index is 1490. The number of carbonyl (C=O) groups is 1. The lowest BCUT2D eigenvalue weighted by atomic mass is 10.1. The number of fused-ring (bicyclic) bond motifs is 1. The number of amides is 1. The Morgan fingerprint density at radius 3 is 2.86 bits per heavy atom. The molecule has 2 aromatic heterocycles. The number of halogens is 2. The SMILES string of the molecule is COc1cccc(F)c1-c1nccc(C(=O)Nc2cc(F)c3c(cnn3C)c2N2CC(N)CC2CO)n1. The van der Waals surface area contributed by atoms with Crippen molar-refractivity contribution >= 4 is 28.2 Å². The van der Waals surface area contributed by atoms with Crippen molar-refractivity contribution in [3.8, 4) is 17.1 Å². The van der Waals surface area contributed by atoms with Crippen LogP contribution in [0.1, 0.15) is 16.9 Å². The Balaban J connectivity index is 1.57. The summed E-state index contributed by atoms with van der Waals surface area (Å²) >= 11 is 0. The monoisotopic (exact) mass is 509 g/mol. The number of aliphatic hydroxyl groups excluding tert-OH is 1. The molecule has 192 valence electrons. The van der Waals surface area contributed by atoms with Gasteiger partial charge in [0, 0.05) is 37.3 Å². The van der Waals surface area contributed by atoms with Crippen molar-refractivity contribution in [3.05, 3.63) is 60.1 Å². The van der Waals surface area contributed by atoms with E-state index in [1.807, 2.05) is 4.90 Å². The number of nitrogens with zero attached hydrogens (tertiary/aromatic N) is 5. The first-order chi connectivity index (χ1) is 17.8. The van der Waals surface area contributed by atoms with E-state index in [4.69, 9.17) is 10.5 Å². The standard InChI is InChI=1S/C25H25F2N7O3/c1-33-22-15(10-30-33)23(34-11-13(28)8-14(34)12-35)19(9-17(22)27)32-25(36)18-6-7-29-24(31-18)21-16(26)4-3-5-20(21)37-2/h3-7,9-10,13-14,35H,8,11-12,28H2,1-2H3,(H,32,36). The summed E-state index contributed by atoms with van der Waals surface area (Å²) < 4.78 is 36.4. The van der Waals surface area contributed by atoms with Crippen LogP contribution in [-0.2, 0) is 7.05 Å². The molecule has 3 heterocycles. The van der Waals surface area contributed by atoms with E-state index in [0.717, 1.165) is 0 Å². The molecule has 0 aliphatic carbocycles. The van der Waals surface area contributed by atoms with Gasteiger partial charge in [0.25, 0.3) is 5.91 Å². The third-order valence-electron chi connectivity index (χ3n) is 6.45. The molecule has 0 spiro atoms. The molecule has 0 bridgehead atoms. The first-order valence-electron chi connectivity index (χ1n) is 11.6. The van der Waals surface area contributed by atoms with Gasteiger partial charge in [0.05, 0.1) is 42.9 Å². The Labute approximate surface area is 210 Å². The Hall–Kier alpha value is -4.16. The highest BCUT2D eigenvalue weighted by Crippen LogP contribution is 2.40. The normalized spacial score (nSPS) is 17.4. The number of benzene rings is 2. The van der Waals surface area contributed by atoms with E-state index in [9.17, 15) is 14.3 Å². The van der Waals surface area contributed by atoms with Crippen LogP contribution in [0.25, 0.3) is 22.3 Å². The maximum atomic E-state index is 15.1. The molecule has 1 aliphatic heterocycles. The second-order valence-electron chi connectivity index (χ2n) is 8.81. The third kappa shape index (κ3) is 4.34. The number of carbonyl (C=O) groups excluding carboxylic acids is 1. The van der Waals surface area contributed by atoms with Gasteiger partial charge in [-0.05, 0) is 24.6 Å². The highest BCUT2D eigenvalue weighted by Gasteiger charge is 2.33. The average Bonchev–Trinajstić information content (AvgIpc) is 3.46. The minimum atomic E-state index is -0.660. The summed E-state index contributed by atoms with van der Waals surface area (Å²) in [6.45, 7) is 0.231. The summed E-state index contributed by atoms with van der Waals surface area (Å²) in [4.78, 5) is 23.5.